The van der Waals surface area contributed by atoms with Gasteiger partial charge in [-0.05, 0) is 36.8 Å². The molecule has 144 valence electrons. The molecule has 27 heavy (non-hydrogen) atoms. The highest BCUT2D eigenvalue weighted by Crippen LogP contribution is 2.20. The van der Waals surface area contributed by atoms with Gasteiger partial charge >= 0.3 is 0 Å². The van der Waals surface area contributed by atoms with Crippen molar-refractivity contribution in [3.63, 3.8) is 0 Å². The molecule has 0 aromatic heterocycles. The van der Waals surface area contributed by atoms with E-state index in [4.69, 9.17) is 4.74 Å². The van der Waals surface area contributed by atoms with Gasteiger partial charge in [0.2, 0.25) is 5.91 Å². The maximum Gasteiger partial charge on any atom is 0.221 e. The Hall–Kier alpha value is -2.53. The van der Waals surface area contributed by atoms with Crippen LogP contribution in [0.4, 0.5) is 5.69 Å². The molecule has 0 aliphatic carbocycles. The lowest BCUT2D eigenvalue weighted by molar-refractivity contribution is -0.122. The number of nitrogens with one attached hydrogen (secondary N) is 1. The lowest BCUT2D eigenvalue weighted by Crippen LogP contribution is -2.47. The first-order valence-electron chi connectivity index (χ1n) is 9.61. The van der Waals surface area contributed by atoms with Crippen LogP contribution in [0.15, 0.2) is 54.6 Å². The van der Waals surface area contributed by atoms with Gasteiger partial charge in [-0.25, -0.2) is 0 Å². The topological polar surface area (TPSA) is 44.8 Å². The molecular weight excluding hydrogens is 338 g/mol. The Balaban J connectivity index is 1.39. The van der Waals surface area contributed by atoms with Crippen LogP contribution < -0.4 is 15.0 Å². The largest absolute Gasteiger partial charge is 0.497 e. The van der Waals surface area contributed by atoms with Crippen molar-refractivity contribution in [3.8, 4) is 5.75 Å². The van der Waals surface area contributed by atoms with Gasteiger partial charge in [0.25, 0.3) is 0 Å². The quantitative estimate of drug-likeness (QED) is 0.817. The van der Waals surface area contributed by atoms with E-state index in [1.165, 1.54) is 5.69 Å². The minimum atomic E-state index is 0.0469. The number of hydrogen-bond acceptors (Lipinski definition) is 4. The van der Waals surface area contributed by atoms with E-state index in [-0.39, 0.29) is 11.9 Å². The van der Waals surface area contributed by atoms with Crippen LogP contribution in [0.1, 0.15) is 24.9 Å². The summed E-state index contributed by atoms with van der Waals surface area (Å²) < 4.78 is 5.22. The summed E-state index contributed by atoms with van der Waals surface area (Å²) in [7, 11) is 1.69. The van der Waals surface area contributed by atoms with Crippen molar-refractivity contribution in [2.45, 2.75) is 19.4 Å². The van der Waals surface area contributed by atoms with Gasteiger partial charge in [0, 0.05) is 44.8 Å². The van der Waals surface area contributed by atoms with Crippen molar-refractivity contribution in [2.24, 2.45) is 0 Å². The second kappa shape index (κ2) is 9.42. The van der Waals surface area contributed by atoms with E-state index in [0.29, 0.717) is 6.42 Å². The van der Waals surface area contributed by atoms with E-state index in [2.05, 4.69) is 27.2 Å². The van der Waals surface area contributed by atoms with Crippen LogP contribution in [0.3, 0.4) is 0 Å². The summed E-state index contributed by atoms with van der Waals surface area (Å²) in [6, 6.07) is 18.3. The zero-order valence-corrected chi connectivity index (χ0v) is 16.2. The lowest BCUT2D eigenvalue weighted by atomic mass is 10.1. The lowest BCUT2D eigenvalue weighted by Gasteiger charge is -2.36. The van der Waals surface area contributed by atoms with Crippen molar-refractivity contribution in [2.75, 3.05) is 44.7 Å². The highest BCUT2D eigenvalue weighted by atomic mass is 16.5. The number of amides is 1. The first-order chi connectivity index (χ1) is 13.2. The fourth-order valence-electron chi connectivity index (χ4n) is 3.42. The molecule has 1 amide bonds. The van der Waals surface area contributed by atoms with Crippen LogP contribution in [0.2, 0.25) is 0 Å². The van der Waals surface area contributed by atoms with Gasteiger partial charge in [-0.3, -0.25) is 9.69 Å². The predicted molar refractivity (Wildman–Crippen MR) is 109 cm³/mol. The second-order valence-corrected chi connectivity index (χ2v) is 6.98. The molecule has 0 saturated carbocycles. The molecule has 1 aliphatic rings. The van der Waals surface area contributed by atoms with Gasteiger partial charge in [-0.1, -0.05) is 30.3 Å². The molecule has 0 radical (unpaired) electrons. The summed E-state index contributed by atoms with van der Waals surface area (Å²) in [5.74, 6) is 0.997. The van der Waals surface area contributed by atoms with E-state index >= 15 is 0 Å². The van der Waals surface area contributed by atoms with Crippen LogP contribution in [-0.4, -0.2) is 50.6 Å². The Bertz CT molecular complexity index is 710. The second-order valence-electron chi connectivity index (χ2n) is 6.98. The Kier molecular flexibility index (Phi) is 6.71. The molecule has 5 heteroatoms. The molecule has 2 aromatic rings. The van der Waals surface area contributed by atoms with E-state index in [0.717, 1.165) is 44.0 Å². The number of piperazine rings is 1. The van der Waals surface area contributed by atoms with Gasteiger partial charge in [-0.15, -0.1) is 0 Å². The third-order valence-electron chi connectivity index (χ3n) is 5.14. The Morgan fingerprint density at radius 1 is 1.04 bits per heavy atom. The molecule has 1 fully saturated rings. The van der Waals surface area contributed by atoms with Gasteiger partial charge in [0.15, 0.2) is 0 Å². The summed E-state index contributed by atoms with van der Waals surface area (Å²) in [6.45, 7) is 6.76. The maximum absolute atomic E-state index is 12.3. The highest BCUT2D eigenvalue weighted by Gasteiger charge is 2.18. The predicted octanol–water partition coefficient (Wildman–Crippen LogP) is 3.08. The Labute approximate surface area is 161 Å². The number of methoxy groups -OCH3 is 1. The van der Waals surface area contributed by atoms with Crippen LogP contribution >= 0.6 is 0 Å². The van der Waals surface area contributed by atoms with E-state index < -0.39 is 0 Å². The molecule has 2 aromatic carbocycles. The number of ether oxygens (including phenoxy) is 1. The monoisotopic (exact) mass is 367 g/mol. The SMILES string of the molecule is COc1ccc(N2CCN(CCC(=O)NC(C)c3ccccc3)CC2)cc1. The van der Waals surface area contributed by atoms with Crippen molar-refractivity contribution >= 4 is 11.6 Å². The smallest absolute Gasteiger partial charge is 0.221 e. The van der Waals surface area contributed by atoms with E-state index in [9.17, 15) is 4.79 Å². The molecule has 1 atom stereocenters. The summed E-state index contributed by atoms with van der Waals surface area (Å²) >= 11 is 0. The number of carbonyl (C=O) groups excluding carboxylic acids is 1. The van der Waals surface area contributed by atoms with Crippen LogP contribution in [-0.2, 0) is 4.79 Å². The first kappa shape index (κ1) is 19.2. The van der Waals surface area contributed by atoms with Crippen LogP contribution in [0.25, 0.3) is 0 Å². The van der Waals surface area contributed by atoms with Gasteiger partial charge in [-0.2, -0.15) is 0 Å². The minimum absolute atomic E-state index is 0.0469. The van der Waals surface area contributed by atoms with E-state index in [1.807, 2.05) is 49.4 Å². The average molecular weight is 367 g/mol. The van der Waals surface area contributed by atoms with Crippen molar-refractivity contribution in [1.82, 2.24) is 10.2 Å². The fourth-order valence-corrected chi connectivity index (χ4v) is 3.42. The van der Waals surface area contributed by atoms with Crippen molar-refractivity contribution in [1.29, 1.82) is 0 Å². The number of benzene rings is 2. The van der Waals surface area contributed by atoms with Gasteiger partial charge < -0.3 is 15.0 Å². The van der Waals surface area contributed by atoms with Crippen molar-refractivity contribution < 1.29 is 9.53 Å². The summed E-state index contributed by atoms with van der Waals surface area (Å²) in [6.07, 6.45) is 0.541. The highest BCUT2D eigenvalue weighted by molar-refractivity contribution is 5.76. The molecule has 0 spiro atoms. The summed E-state index contributed by atoms with van der Waals surface area (Å²) in [5.41, 5.74) is 2.36. The number of rotatable bonds is 7. The summed E-state index contributed by atoms with van der Waals surface area (Å²) in [4.78, 5) is 17.0. The summed E-state index contributed by atoms with van der Waals surface area (Å²) in [5, 5.41) is 3.09. The van der Waals surface area contributed by atoms with Crippen LogP contribution in [0, 0.1) is 0 Å². The molecule has 1 N–H and O–H groups in total. The Morgan fingerprint density at radius 2 is 1.70 bits per heavy atom. The molecule has 3 rings (SSSR count). The third kappa shape index (κ3) is 5.47. The minimum Gasteiger partial charge on any atom is -0.497 e. The van der Waals surface area contributed by atoms with Gasteiger partial charge in [0.1, 0.15) is 5.75 Å². The fraction of sp³-hybridized carbons (Fsp3) is 0.409. The zero-order valence-electron chi connectivity index (χ0n) is 16.2. The first-order valence-corrected chi connectivity index (χ1v) is 9.61. The number of carbonyl (C=O) groups is 1. The normalized spacial score (nSPS) is 16.0. The molecule has 0 bridgehead atoms. The molecular formula is C22H29N3O2. The number of hydrogen-bond donors (Lipinski definition) is 1. The molecule has 1 heterocycles. The standard InChI is InChI=1S/C22H29N3O2/c1-18(19-6-4-3-5-7-19)23-22(26)12-13-24-14-16-25(17-15-24)20-8-10-21(27-2)11-9-20/h3-11,18H,12-17H2,1-2H3,(H,23,26). The Morgan fingerprint density at radius 3 is 2.33 bits per heavy atom. The third-order valence-corrected chi connectivity index (χ3v) is 5.14. The van der Waals surface area contributed by atoms with Crippen LogP contribution in [0.5, 0.6) is 5.75 Å². The molecule has 1 unspecified atom stereocenters. The molecule has 1 aliphatic heterocycles. The average Bonchev–Trinajstić information content (AvgIpc) is 2.73. The van der Waals surface area contributed by atoms with Gasteiger partial charge in [0.05, 0.1) is 13.2 Å². The maximum atomic E-state index is 12.3. The van der Waals surface area contributed by atoms with Crippen molar-refractivity contribution in [3.05, 3.63) is 60.2 Å². The number of anilines is 1. The van der Waals surface area contributed by atoms with E-state index in [1.54, 1.807) is 7.11 Å². The molecule has 1 saturated heterocycles. The molecule has 5 nitrogen and oxygen atoms in total. The zero-order chi connectivity index (χ0) is 19.1. The number of nitrogens with zero attached hydrogens (tertiary/aromatic N) is 2.